The maximum atomic E-state index is 0. The molecule has 0 aromatic heterocycles. The summed E-state index contributed by atoms with van der Waals surface area (Å²) in [7, 11) is 0. The van der Waals surface area contributed by atoms with Gasteiger partial charge in [0.1, 0.15) is 0 Å². The number of halogens is 70. The second-order valence-corrected chi connectivity index (χ2v) is 0. The van der Waals surface area contributed by atoms with E-state index < -0.39 is 0 Å². The van der Waals surface area contributed by atoms with E-state index in [4.69, 9.17) is 0 Å². The largest absolute Gasteiger partial charge is 1.00 e. The minimum Gasteiger partial charge on any atom is -1.00 e. The Balaban J connectivity index is 0. The third-order valence-corrected chi connectivity index (χ3v) is 0. The molecule has 76 heteroatoms. The topological polar surface area (TPSA) is 0 Å². The molecular weight excluding hydrogens is 2620 g/mol. The normalized spacial score (nSPS) is 0. The molecule has 0 unspecified atom stereocenters. The molecule has 0 fully saturated rings. The smallest absolute Gasteiger partial charge is 1.00 e. The van der Waals surface area contributed by atoms with Gasteiger partial charge >= 0.3 is 177 Å². The zero-order valence-electron chi connectivity index (χ0n) is 34.4. The van der Waals surface area contributed by atoms with Gasteiger partial charge in [0.2, 0.25) is 0 Å². The van der Waals surface area contributed by atoms with Crippen molar-refractivity contribution in [2.24, 2.45) is 0 Å². The van der Waals surface area contributed by atoms with Crippen LogP contribution in [-0.4, -0.2) is 0 Å². The fraction of sp³-hybridized carbons (Fsp3) is 0. The van der Waals surface area contributed by atoms with Crippen LogP contribution in [0.15, 0.2) is 0 Å². The Morgan fingerprint density at radius 3 is 0.0395 bits per heavy atom. The maximum Gasteiger partial charge on any atom is 1.00 e. The summed E-state index contributed by atoms with van der Waals surface area (Å²) in [5.74, 6) is 0. The fourth-order valence-corrected chi connectivity index (χ4v) is 0. The van der Waals surface area contributed by atoms with Gasteiger partial charge in [0, 0.05) is 0 Å². The van der Waals surface area contributed by atoms with Crippen LogP contribution >= 0.6 is 794 Å². The fourth-order valence-electron chi connectivity index (χ4n) is 0. The molecule has 0 bridgehead atoms. The van der Waals surface area contributed by atoms with Crippen molar-refractivity contribution in [2.45, 2.75) is 0 Å². The number of hydrogen-bond acceptors (Lipinski definition) is 0. The van der Waals surface area contributed by atoms with Crippen molar-refractivity contribution < 1.29 is 252 Å². The molecule has 0 rings (SSSR count). The third-order valence-electron chi connectivity index (χ3n) is 0. The van der Waals surface area contributed by atoms with E-state index in [0.29, 0.717) is 0 Å². The van der Waals surface area contributed by atoms with Gasteiger partial charge in [-0.2, -0.15) is 0 Å². The van der Waals surface area contributed by atoms with E-state index in [1.807, 2.05) is 0 Å². The summed E-state index contributed by atoms with van der Waals surface area (Å²) in [6, 6.07) is 0. The summed E-state index contributed by atoms with van der Waals surface area (Å²) in [4.78, 5) is 0. The van der Waals surface area contributed by atoms with Crippen molar-refractivity contribution in [1.29, 1.82) is 0 Å². The Morgan fingerprint density at radius 2 is 0.0395 bits per heavy atom. The monoisotopic (exact) mass is 2650 g/mol. The molecule has 0 radical (unpaired) electrons. The van der Waals surface area contributed by atoms with E-state index in [9.17, 15) is 0 Å². The van der Waals surface area contributed by atoms with Gasteiger partial charge in [0.25, 0.3) is 0 Å². The molecule has 0 aliphatic heterocycles. The first-order valence-corrected chi connectivity index (χ1v) is 0. The summed E-state index contributed by atoms with van der Waals surface area (Å²) in [6.45, 7) is 0. The van der Waals surface area contributed by atoms with Gasteiger partial charge in [0.15, 0.2) is 0 Å². The molecular formula is H64Cl70Na6. The van der Waals surface area contributed by atoms with Gasteiger partial charge in [-0.1, -0.05) is 0 Å². The van der Waals surface area contributed by atoms with Crippen LogP contribution in [0.5, 0.6) is 0 Å². The van der Waals surface area contributed by atoms with Crippen molar-refractivity contribution in [1.82, 2.24) is 0 Å². The number of hydrogen-bond donors (Lipinski definition) is 0. The minimum absolute atomic E-state index is 0. The summed E-state index contributed by atoms with van der Waals surface area (Å²) >= 11 is 0. The molecule has 0 aromatic carbocycles. The van der Waals surface area contributed by atoms with E-state index in [1.165, 1.54) is 0 Å². The first kappa shape index (κ1) is 1520. The maximum absolute atomic E-state index is 0. The molecule has 0 atom stereocenters. The van der Waals surface area contributed by atoms with E-state index in [1.54, 1.807) is 0 Å². The molecule has 0 nitrogen and oxygen atoms in total. The van der Waals surface area contributed by atoms with Crippen LogP contribution < -0.4 is 252 Å². The predicted octanol–water partition coefficient (Wildman–Crippen LogP) is -8.96. The summed E-state index contributed by atoms with van der Waals surface area (Å²) in [6.07, 6.45) is 0. The first-order valence-electron chi connectivity index (χ1n) is 0. The molecule has 0 N–H and O–H groups in total. The molecule has 560 valence electrons. The summed E-state index contributed by atoms with van der Waals surface area (Å²) in [5.41, 5.74) is 0. The SMILES string of the molecule is Cl.Cl.Cl.Cl.Cl.Cl.Cl.Cl.Cl.Cl.Cl.Cl.Cl.Cl.Cl.Cl.Cl.Cl.Cl.Cl.Cl.Cl.Cl.Cl.Cl.Cl.Cl.Cl.Cl.Cl.Cl.Cl.Cl.Cl.Cl.Cl.Cl.Cl.Cl.Cl.Cl.Cl.Cl.Cl.Cl.Cl.Cl.Cl.Cl.Cl.Cl.Cl.Cl.Cl.Cl.Cl.Cl.Cl.Cl.Cl.Cl.Cl.Cl.Cl.[Cl-].[Cl-].[Cl-].[Cl-].[Cl-].[Cl-].[Na+].[Na+].[Na+].[Na+].[Na+].[Na+]. The van der Waals surface area contributed by atoms with Crippen molar-refractivity contribution in [3.05, 3.63) is 0 Å². The molecule has 0 saturated heterocycles. The van der Waals surface area contributed by atoms with E-state index in [2.05, 4.69) is 0 Å². The van der Waals surface area contributed by atoms with Crippen LogP contribution in [0.25, 0.3) is 0 Å². The van der Waals surface area contributed by atoms with Crippen molar-refractivity contribution >= 4 is 794 Å². The predicted molar refractivity (Wildman–Crippen MR) is 464 cm³/mol. The van der Waals surface area contributed by atoms with E-state index >= 15 is 0 Å². The van der Waals surface area contributed by atoms with Gasteiger partial charge in [-0.25, -0.2) is 0 Å². The molecule has 76 heavy (non-hydrogen) atoms. The Bertz CT molecular complexity index is 30.3. The Kier molecular flexibility index (Phi) is 29400. The second-order valence-electron chi connectivity index (χ2n) is 0. The van der Waals surface area contributed by atoms with Gasteiger partial charge < -0.3 is 74.4 Å². The van der Waals surface area contributed by atoms with Crippen LogP contribution in [0.2, 0.25) is 0 Å². The molecule has 0 spiro atoms. The first-order chi connectivity index (χ1) is 0. The van der Waals surface area contributed by atoms with E-state index in [0.717, 1.165) is 0 Å². The summed E-state index contributed by atoms with van der Waals surface area (Å²) < 4.78 is 0. The molecule has 0 amide bonds. The van der Waals surface area contributed by atoms with Gasteiger partial charge in [-0.05, 0) is 0 Å². The van der Waals surface area contributed by atoms with Crippen LogP contribution in [0.4, 0.5) is 0 Å². The summed E-state index contributed by atoms with van der Waals surface area (Å²) in [5, 5.41) is 0. The van der Waals surface area contributed by atoms with Gasteiger partial charge in [-0.15, -0.1) is 794 Å². The van der Waals surface area contributed by atoms with Crippen LogP contribution in [0.1, 0.15) is 0 Å². The standard InChI is InChI=1S/70ClH.6Na/h70*1H;;;;;;/q;;;;;;;;;;;;;;;;;;;;;;;;;;;;;;;;;;;;;;;;;;;;;;;;;;;;;;;;;;;;;;;;;;;;;;6*+1/p-6. The van der Waals surface area contributed by atoms with Crippen molar-refractivity contribution in [3.8, 4) is 0 Å². The van der Waals surface area contributed by atoms with Crippen LogP contribution in [0, 0.1) is 0 Å². The molecule has 0 aromatic rings. The quantitative estimate of drug-likeness (QED) is 0.212. The van der Waals surface area contributed by atoms with E-state index in [-0.39, 0.29) is 1050 Å². The molecule has 0 aliphatic rings. The average Bonchev–Trinajstić information content (AvgIpc) is 0. The van der Waals surface area contributed by atoms with Crippen molar-refractivity contribution in [3.63, 3.8) is 0 Å². The Hall–Kier alpha value is 26.3. The average molecular weight is 2680 g/mol. The minimum atomic E-state index is 0. The third kappa shape index (κ3) is 1430. The van der Waals surface area contributed by atoms with Crippen molar-refractivity contribution in [2.75, 3.05) is 0 Å². The van der Waals surface area contributed by atoms with Gasteiger partial charge in [0.05, 0.1) is 0 Å². The Labute approximate surface area is 1020 Å². The van der Waals surface area contributed by atoms with Gasteiger partial charge in [-0.3, -0.25) is 0 Å². The number of rotatable bonds is 0. The van der Waals surface area contributed by atoms with Crippen LogP contribution in [0.3, 0.4) is 0 Å². The molecule has 0 heterocycles. The zero-order valence-corrected chi connectivity index (χ0v) is 103. The molecule has 0 saturated carbocycles. The second kappa shape index (κ2) is 1470. The Morgan fingerprint density at radius 1 is 0.0395 bits per heavy atom. The zero-order chi connectivity index (χ0) is 0. The van der Waals surface area contributed by atoms with Crippen LogP contribution in [-0.2, 0) is 0 Å². The molecule has 0 aliphatic carbocycles.